The molecule has 0 aromatic heterocycles. The Balaban J connectivity index is 0.00000450. The van der Waals surface area contributed by atoms with Crippen LogP contribution in [0.2, 0.25) is 0 Å². The van der Waals surface area contributed by atoms with E-state index in [1.165, 1.54) is 18.6 Å². The summed E-state index contributed by atoms with van der Waals surface area (Å²) in [7, 11) is -1.51. The van der Waals surface area contributed by atoms with Crippen LogP contribution in [0, 0.1) is 5.92 Å². The lowest BCUT2D eigenvalue weighted by atomic mass is 9.86. The van der Waals surface area contributed by atoms with E-state index in [0.29, 0.717) is 31.5 Å². The van der Waals surface area contributed by atoms with E-state index in [-0.39, 0.29) is 42.0 Å². The molecule has 11 heteroatoms. The van der Waals surface area contributed by atoms with Gasteiger partial charge in [0.05, 0.1) is 12.3 Å². The maximum Gasteiger partial charge on any atom is 0.387 e. The zero-order chi connectivity index (χ0) is 21.3. The summed E-state index contributed by atoms with van der Waals surface area (Å²) in [6, 6.07) is 6.37. The smallest absolute Gasteiger partial charge is 0.387 e. The number of ether oxygens (including phenoxy) is 1. The first-order valence-electron chi connectivity index (χ1n) is 9.79. The number of aliphatic imine (C=N–C) groups is 1. The van der Waals surface area contributed by atoms with Gasteiger partial charge in [0.25, 0.3) is 0 Å². The lowest BCUT2D eigenvalue weighted by molar-refractivity contribution is -0.0498. The molecule has 2 N–H and O–H groups in total. The summed E-state index contributed by atoms with van der Waals surface area (Å²) in [5.41, 5.74) is 0.884. The largest absolute Gasteiger partial charge is 0.435 e. The number of benzene rings is 1. The van der Waals surface area contributed by atoms with Gasteiger partial charge in [-0.25, -0.2) is 13.1 Å². The number of guanidine groups is 1. The third-order valence-electron chi connectivity index (χ3n) is 4.70. The molecule has 1 aliphatic rings. The molecule has 0 spiro atoms. The Hall–Kier alpha value is -1.21. The second kappa shape index (κ2) is 13.3. The van der Waals surface area contributed by atoms with Crippen LogP contribution in [-0.4, -0.2) is 58.3 Å². The van der Waals surface area contributed by atoms with Crippen LogP contribution < -0.4 is 14.8 Å². The van der Waals surface area contributed by atoms with Gasteiger partial charge in [0, 0.05) is 26.7 Å². The zero-order valence-corrected chi connectivity index (χ0v) is 20.5. The summed E-state index contributed by atoms with van der Waals surface area (Å²) in [6.07, 6.45) is 3.35. The average Bonchev–Trinajstić information content (AvgIpc) is 2.60. The first kappa shape index (κ1) is 26.8. The van der Waals surface area contributed by atoms with Gasteiger partial charge in [0.15, 0.2) is 5.96 Å². The molecule has 2 rings (SSSR count). The van der Waals surface area contributed by atoms with Gasteiger partial charge >= 0.3 is 6.61 Å². The van der Waals surface area contributed by atoms with Crippen LogP contribution in [0.5, 0.6) is 5.75 Å². The molecular weight excluding hydrogens is 529 g/mol. The van der Waals surface area contributed by atoms with Crippen molar-refractivity contribution < 1.29 is 21.9 Å². The van der Waals surface area contributed by atoms with Gasteiger partial charge in [-0.05, 0) is 43.4 Å². The van der Waals surface area contributed by atoms with Gasteiger partial charge in [-0.2, -0.15) is 8.78 Å². The van der Waals surface area contributed by atoms with Gasteiger partial charge in [-0.1, -0.05) is 18.6 Å². The van der Waals surface area contributed by atoms with Crippen LogP contribution in [0.3, 0.4) is 0 Å². The van der Waals surface area contributed by atoms with Crippen molar-refractivity contribution in [3.63, 3.8) is 0 Å². The molecule has 0 amide bonds. The number of rotatable bonds is 11. The number of nitrogens with zero attached hydrogens (tertiary/aromatic N) is 2. The van der Waals surface area contributed by atoms with Gasteiger partial charge in [0.1, 0.15) is 5.75 Å². The standard InChI is InChI=1S/C19H30F2N4O3S.HI/c1-3-22-19(23-11-12-29(26,27)24-13-15-5-4-6-15)25(2)14-16-7-9-17(10-8-16)28-18(20)21;/h7-10,15,18,24H,3-6,11-14H2,1-2H3,(H,22,23);1H. The highest BCUT2D eigenvalue weighted by Crippen LogP contribution is 2.25. The number of hydrogen-bond acceptors (Lipinski definition) is 4. The average molecular weight is 560 g/mol. The molecule has 1 saturated carbocycles. The van der Waals surface area contributed by atoms with Crippen molar-refractivity contribution in [2.45, 2.75) is 39.3 Å². The van der Waals surface area contributed by atoms with Crippen molar-refractivity contribution in [2.24, 2.45) is 10.9 Å². The molecule has 0 radical (unpaired) electrons. The van der Waals surface area contributed by atoms with Crippen LogP contribution in [0.4, 0.5) is 8.78 Å². The molecule has 1 aromatic rings. The van der Waals surface area contributed by atoms with E-state index in [1.807, 2.05) is 18.9 Å². The topological polar surface area (TPSA) is 83.0 Å². The fourth-order valence-electron chi connectivity index (χ4n) is 2.88. The minimum absolute atomic E-state index is 0. The van der Waals surface area contributed by atoms with E-state index in [9.17, 15) is 17.2 Å². The predicted molar refractivity (Wildman–Crippen MR) is 125 cm³/mol. The van der Waals surface area contributed by atoms with E-state index in [2.05, 4.69) is 19.8 Å². The lowest BCUT2D eigenvalue weighted by Gasteiger charge is -2.25. The molecule has 172 valence electrons. The van der Waals surface area contributed by atoms with Gasteiger partial charge in [-0.15, -0.1) is 24.0 Å². The van der Waals surface area contributed by atoms with E-state index in [1.54, 1.807) is 12.1 Å². The Bertz CT molecular complexity index is 760. The van der Waals surface area contributed by atoms with Crippen molar-refractivity contribution in [2.75, 3.05) is 32.4 Å². The summed E-state index contributed by atoms with van der Waals surface area (Å²) in [5, 5.41) is 3.13. The SMILES string of the molecule is CCNC(=NCCS(=O)(=O)NCC1CCC1)N(C)Cc1ccc(OC(F)F)cc1.I. The van der Waals surface area contributed by atoms with Crippen LogP contribution in [0.25, 0.3) is 0 Å². The molecule has 1 aliphatic carbocycles. The maximum atomic E-state index is 12.2. The lowest BCUT2D eigenvalue weighted by Crippen LogP contribution is -2.39. The minimum Gasteiger partial charge on any atom is -0.435 e. The molecule has 1 aromatic carbocycles. The number of hydrogen-bond donors (Lipinski definition) is 2. The molecule has 1 fully saturated rings. The van der Waals surface area contributed by atoms with Gasteiger partial charge in [-0.3, -0.25) is 4.99 Å². The molecule has 0 aliphatic heterocycles. The molecule has 0 unspecified atom stereocenters. The van der Waals surface area contributed by atoms with Crippen LogP contribution in [0.15, 0.2) is 29.3 Å². The second-order valence-corrected chi connectivity index (χ2v) is 9.00. The highest BCUT2D eigenvalue weighted by Gasteiger charge is 2.20. The fourth-order valence-corrected chi connectivity index (χ4v) is 3.85. The number of halogens is 3. The minimum atomic E-state index is -3.34. The highest BCUT2D eigenvalue weighted by molar-refractivity contribution is 14.0. The quantitative estimate of drug-likeness (QED) is 0.247. The third-order valence-corrected chi connectivity index (χ3v) is 6.03. The predicted octanol–water partition coefficient (Wildman–Crippen LogP) is 3.02. The van der Waals surface area contributed by atoms with Crippen LogP contribution in [0.1, 0.15) is 31.7 Å². The Kier molecular flexibility index (Phi) is 11.9. The first-order chi connectivity index (χ1) is 13.8. The fraction of sp³-hybridized carbons (Fsp3) is 0.632. The van der Waals surface area contributed by atoms with Crippen molar-refractivity contribution in [3.05, 3.63) is 29.8 Å². The molecule has 0 bridgehead atoms. The maximum absolute atomic E-state index is 12.2. The third kappa shape index (κ3) is 9.73. The second-order valence-electron chi connectivity index (χ2n) is 7.08. The summed E-state index contributed by atoms with van der Waals surface area (Å²) in [4.78, 5) is 6.25. The number of nitrogens with one attached hydrogen (secondary N) is 2. The molecular formula is C19H31F2IN4O3S. The Morgan fingerprint density at radius 3 is 2.50 bits per heavy atom. The summed E-state index contributed by atoms with van der Waals surface area (Å²) in [5.74, 6) is 1.08. The monoisotopic (exact) mass is 560 g/mol. The summed E-state index contributed by atoms with van der Waals surface area (Å²) in [6.45, 7) is 0.849. The van der Waals surface area contributed by atoms with Gasteiger partial charge in [0.2, 0.25) is 10.0 Å². The van der Waals surface area contributed by atoms with Gasteiger partial charge < -0.3 is 15.0 Å². The Morgan fingerprint density at radius 1 is 1.30 bits per heavy atom. The van der Waals surface area contributed by atoms with Crippen molar-refractivity contribution in [1.82, 2.24) is 14.9 Å². The van der Waals surface area contributed by atoms with E-state index in [0.717, 1.165) is 18.4 Å². The number of sulfonamides is 1. The molecule has 7 nitrogen and oxygen atoms in total. The normalized spacial score (nSPS) is 14.8. The van der Waals surface area contributed by atoms with Crippen LogP contribution in [-0.2, 0) is 16.6 Å². The van der Waals surface area contributed by atoms with Crippen molar-refractivity contribution >= 4 is 40.0 Å². The Morgan fingerprint density at radius 2 is 1.97 bits per heavy atom. The molecule has 0 saturated heterocycles. The molecule has 0 atom stereocenters. The summed E-state index contributed by atoms with van der Waals surface area (Å²) >= 11 is 0. The number of alkyl halides is 2. The van der Waals surface area contributed by atoms with E-state index in [4.69, 9.17) is 0 Å². The zero-order valence-electron chi connectivity index (χ0n) is 17.3. The first-order valence-corrected chi connectivity index (χ1v) is 11.4. The van der Waals surface area contributed by atoms with E-state index >= 15 is 0 Å². The molecule has 0 heterocycles. The summed E-state index contributed by atoms with van der Waals surface area (Å²) < 4.78 is 55.7. The Labute approximate surface area is 194 Å². The van der Waals surface area contributed by atoms with E-state index < -0.39 is 16.6 Å². The van der Waals surface area contributed by atoms with Crippen molar-refractivity contribution in [1.29, 1.82) is 0 Å². The highest BCUT2D eigenvalue weighted by atomic mass is 127. The molecule has 30 heavy (non-hydrogen) atoms. The van der Waals surface area contributed by atoms with Crippen LogP contribution >= 0.6 is 24.0 Å². The van der Waals surface area contributed by atoms with Crippen molar-refractivity contribution in [3.8, 4) is 5.75 Å².